The molecule has 3 atom stereocenters. The van der Waals surface area contributed by atoms with E-state index >= 15 is 0 Å². The van der Waals surface area contributed by atoms with Gasteiger partial charge in [-0.25, -0.2) is 4.98 Å². The quantitative estimate of drug-likeness (QED) is 0.789. The van der Waals surface area contributed by atoms with Crippen molar-refractivity contribution < 1.29 is 14.3 Å². The zero-order valence-electron chi connectivity index (χ0n) is 13.9. The van der Waals surface area contributed by atoms with Crippen LogP contribution in [0.4, 0.5) is 0 Å². The van der Waals surface area contributed by atoms with Crippen LogP contribution in [0.3, 0.4) is 0 Å². The normalized spacial score (nSPS) is 29.8. The molecule has 3 aliphatic rings. The maximum Gasteiger partial charge on any atom is 0.266 e. The fourth-order valence-corrected chi connectivity index (χ4v) is 5.52. The van der Waals surface area contributed by atoms with Crippen LogP contribution in [0.1, 0.15) is 51.4 Å². The van der Waals surface area contributed by atoms with Crippen LogP contribution in [0.15, 0.2) is 29.8 Å². The number of amides is 1. The molecule has 0 unspecified atom stereocenters. The highest BCUT2D eigenvalue weighted by Crippen LogP contribution is 2.51. The van der Waals surface area contributed by atoms with Gasteiger partial charge >= 0.3 is 0 Å². The fourth-order valence-electron chi connectivity index (χ4n) is 4.77. The molecule has 2 aromatic rings. The van der Waals surface area contributed by atoms with Gasteiger partial charge in [0, 0.05) is 12.5 Å². The van der Waals surface area contributed by atoms with E-state index in [0.29, 0.717) is 22.6 Å². The number of aryl methyl sites for hydroxylation is 1. The number of benzene rings is 1. The fraction of sp³-hybridized carbons (Fsp3) is 0.421. The number of carbonyl (C=O) groups is 2. The largest absolute Gasteiger partial charge is 0.484 e. The number of hydrogen-bond acceptors (Lipinski definition) is 5. The van der Waals surface area contributed by atoms with Gasteiger partial charge in [0.05, 0.1) is 29.2 Å². The van der Waals surface area contributed by atoms with E-state index < -0.39 is 5.60 Å². The minimum Gasteiger partial charge on any atom is -0.484 e. The smallest absolute Gasteiger partial charge is 0.266 e. The highest BCUT2D eigenvalue weighted by Gasteiger charge is 2.61. The lowest BCUT2D eigenvalue weighted by Crippen LogP contribution is -2.52. The molecule has 25 heavy (non-hydrogen) atoms. The van der Waals surface area contributed by atoms with Crippen molar-refractivity contribution in [2.24, 2.45) is 0 Å². The molecule has 2 saturated heterocycles. The summed E-state index contributed by atoms with van der Waals surface area (Å²) in [6, 6.07) is 7.55. The molecule has 0 aliphatic carbocycles. The minimum absolute atomic E-state index is 0.0381. The summed E-state index contributed by atoms with van der Waals surface area (Å²) in [7, 11) is 0. The second-order valence-corrected chi connectivity index (χ2v) is 8.05. The van der Waals surface area contributed by atoms with E-state index in [1.54, 1.807) is 5.51 Å². The lowest BCUT2D eigenvalue weighted by Gasteiger charge is -2.40. The lowest BCUT2D eigenvalue weighted by atomic mass is 9.78. The van der Waals surface area contributed by atoms with Crippen molar-refractivity contribution in [3.05, 3.63) is 45.9 Å². The highest BCUT2D eigenvalue weighted by molar-refractivity contribution is 7.11. The number of ether oxygens (including phenoxy) is 1. The molecule has 4 heterocycles. The van der Waals surface area contributed by atoms with Gasteiger partial charge in [0.2, 0.25) is 0 Å². The molecule has 6 heteroatoms. The van der Waals surface area contributed by atoms with E-state index in [0.717, 1.165) is 25.0 Å². The molecule has 128 valence electrons. The molecule has 2 fully saturated rings. The van der Waals surface area contributed by atoms with Gasteiger partial charge in [-0.3, -0.25) is 9.59 Å². The van der Waals surface area contributed by atoms with Crippen LogP contribution in [-0.2, 0) is 0 Å². The molecule has 0 N–H and O–H groups in total. The molecule has 5 nitrogen and oxygen atoms in total. The number of para-hydroxylation sites is 1. The second-order valence-electron chi connectivity index (χ2n) is 7.19. The van der Waals surface area contributed by atoms with Crippen LogP contribution < -0.4 is 4.74 Å². The monoisotopic (exact) mass is 354 g/mol. The standard InChI is InChI=1S/C19H18N2O3S/c1-11-17(25-10-20-11)18(23)21-12-6-7-16(21)19(8-12)9-14(22)13-4-2-3-5-15(13)24-19/h2-5,10,12,16H,6-9H2,1H3/t12-,16+,19-/m1/s1. The topological polar surface area (TPSA) is 59.5 Å². The highest BCUT2D eigenvalue weighted by atomic mass is 32.1. The molecule has 0 saturated carbocycles. The molecular weight excluding hydrogens is 336 g/mol. The Labute approximate surface area is 149 Å². The van der Waals surface area contributed by atoms with Crippen molar-refractivity contribution >= 4 is 23.0 Å². The first-order valence-electron chi connectivity index (χ1n) is 8.63. The molecule has 0 radical (unpaired) electrons. The molecule has 3 aliphatic heterocycles. The predicted molar refractivity (Wildman–Crippen MR) is 93.2 cm³/mol. The van der Waals surface area contributed by atoms with Gasteiger partial charge in [-0.05, 0) is 31.9 Å². The third-order valence-corrected chi connectivity index (χ3v) is 6.74. The van der Waals surface area contributed by atoms with E-state index in [1.807, 2.05) is 36.1 Å². The Hall–Kier alpha value is -2.21. The Balaban J connectivity index is 1.51. The number of rotatable bonds is 1. The average Bonchev–Trinajstić information content (AvgIpc) is 3.27. The van der Waals surface area contributed by atoms with Gasteiger partial charge < -0.3 is 9.64 Å². The number of Topliss-reactive ketones (excluding diaryl/α,β-unsaturated/α-hetero) is 1. The summed E-state index contributed by atoms with van der Waals surface area (Å²) in [5, 5.41) is 0. The summed E-state index contributed by atoms with van der Waals surface area (Å²) in [6.07, 6.45) is 2.97. The summed E-state index contributed by atoms with van der Waals surface area (Å²) in [5.74, 6) is 0.822. The van der Waals surface area contributed by atoms with Gasteiger partial charge in [-0.2, -0.15) is 0 Å². The molecule has 5 rings (SSSR count). The second kappa shape index (κ2) is 5.14. The predicted octanol–water partition coefficient (Wildman–Crippen LogP) is 3.23. The Kier molecular flexibility index (Phi) is 3.10. The lowest BCUT2D eigenvalue weighted by molar-refractivity contribution is 0.0113. The zero-order chi connectivity index (χ0) is 17.2. The van der Waals surface area contributed by atoms with E-state index in [9.17, 15) is 9.59 Å². The van der Waals surface area contributed by atoms with Crippen molar-refractivity contribution in [1.82, 2.24) is 9.88 Å². The van der Waals surface area contributed by atoms with Crippen LogP contribution in [0, 0.1) is 6.92 Å². The minimum atomic E-state index is -0.567. The van der Waals surface area contributed by atoms with E-state index in [-0.39, 0.29) is 23.8 Å². The summed E-state index contributed by atoms with van der Waals surface area (Å²) in [6.45, 7) is 1.87. The van der Waals surface area contributed by atoms with Gasteiger partial charge in [0.1, 0.15) is 16.2 Å². The molecule has 1 spiro atoms. The van der Waals surface area contributed by atoms with E-state index in [2.05, 4.69) is 4.98 Å². The maximum absolute atomic E-state index is 13.1. The summed E-state index contributed by atoms with van der Waals surface area (Å²) in [5.41, 5.74) is 2.59. The first-order valence-corrected chi connectivity index (χ1v) is 9.51. The average molecular weight is 354 g/mol. The van der Waals surface area contributed by atoms with Crippen LogP contribution >= 0.6 is 11.3 Å². The Morgan fingerprint density at radius 2 is 2.20 bits per heavy atom. The van der Waals surface area contributed by atoms with Crippen LogP contribution in [0.25, 0.3) is 0 Å². The first kappa shape index (κ1) is 15.1. The van der Waals surface area contributed by atoms with E-state index in [1.165, 1.54) is 11.3 Å². The van der Waals surface area contributed by atoms with Crippen LogP contribution in [-0.4, -0.2) is 39.3 Å². The van der Waals surface area contributed by atoms with Crippen LogP contribution in [0.5, 0.6) is 5.75 Å². The van der Waals surface area contributed by atoms with Crippen molar-refractivity contribution in [3.63, 3.8) is 0 Å². The number of fused-ring (bicyclic) bond motifs is 4. The zero-order valence-corrected chi connectivity index (χ0v) is 14.7. The molecular formula is C19H18N2O3S. The van der Waals surface area contributed by atoms with Gasteiger partial charge in [0.25, 0.3) is 5.91 Å². The van der Waals surface area contributed by atoms with Crippen molar-refractivity contribution in [2.75, 3.05) is 0 Å². The van der Waals surface area contributed by atoms with Crippen molar-refractivity contribution in [3.8, 4) is 5.75 Å². The third-order valence-electron chi connectivity index (χ3n) is 5.83. The van der Waals surface area contributed by atoms with Gasteiger partial charge in [0.15, 0.2) is 5.78 Å². The summed E-state index contributed by atoms with van der Waals surface area (Å²) < 4.78 is 6.39. The Morgan fingerprint density at radius 1 is 1.36 bits per heavy atom. The van der Waals surface area contributed by atoms with E-state index in [4.69, 9.17) is 4.74 Å². The summed E-state index contributed by atoms with van der Waals surface area (Å²) in [4.78, 5) is 32.7. The number of thiazole rings is 1. The Bertz CT molecular complexity index is 892. The van der Waals surface area contributed by atoms with Gasteiger partial charge in [-0.15, -0.1) is 11.3 Å². The molecule has 1 amide bonds. The number of aromatic nitrogens is 1. The van der Waals surface area contributed by atoms with Crippen molar-refractivity contribution in [2.45, 2.75) is 50.3 Å². The molecule has 1 aromatic carbocycles. The molecule has 2 bridgehead atoms. The number of carbonyl (C=O) groups excluding carboxylic acids is 2. The van der Waals surface area contributed by atoms with Crippen LogP contribution in [0.2, 0.25) is 0 Å². The first-order chi connectivity index (χ1) is 12.1. The van der Waals surface area contributed by atoms with Gasteiger partial charge in [-0.1, -0.05) is 12.1 Å². The maximum atomic E-state index is 13.1. The van der Waals surface area contributed by atoms with Crippen molar-refractivity contribution in [1.29, 1.82) is 0 Å². The number of ketones is 1. The molecule has 1 aromatic heterocycles. The SMILES string of the molecule is Cc1ncsc1C(=O)N1[C@@H]2CC[C@H]1[C@]1(CC(=O)c3ccccc3O1)C2. The Morgan fingerprint density at radius 3 is 3.00 bits per heavy atom. The summed E-state index contributed by atoms with van der Waals surface area (Å²) >= 11 is 1.39. The number of nitrogens with zero attached hydrogens (tertiary/aromatic N) is 2. The third kappa shape index (κ3) is 2.03. The number of hydrogen-bond donors (Lipinski definition) is 0.